The maximum Gasteiger partial charge on any atom is 0.248 e. The Balaban J connectivity index is 0.00000176. The van der Waals surface area contributed by atoms with E-state index in [0.29, 0.717) is 13.2 Å². The molecule has 1 aliphatic carbocycles. The molecule has 1 amide bonds. The fourth-order valence-corrected chi connectivity index (χ4v) is 2.86. The van der Waals surface area contributed by atoms with Gasteiger partial charge < -0.3 is 15.4 Å². The van der Waals surface area contributed by atoms with E-state index in [4.69, 9.17) is 4.74 Å². The highest BCUT2D eigenvalue weighted by Gasteiger charge is 2.41. The first-order chi connectivity index (χ1) is 10.3. The van der Waals surface area contributed by atoms with Crippen molar-refractivity contribution in [1.29, 1.82) is 0 Å². The van der Waals surface area contributed by atoms with E-state index in [-0.39, 0.29) is 18.3 Å². The Morgan fingerprint density at radius 2 is 2.18 bits per heavy atom. The first-order valence-corrected chi connectivity index (χ1v) is 7.88. The zero-order valence-corrected chi connectivity index (χ0v) is 13.6. The normalized spacial score (nSPS) is 20.2. The minimum atomic E-state index is -0.550. The molecule has 2 aliphatic rings. The maximum atomic E-state index is 12.7. The Morgan fingerprint density at radius 3 is 2.82 bits per heavy atom. The first kappa shape index (κ1) is 17.2. The lowest BCUT2D eigenvalue weighted by atomic mass is 9.87. The quantitative estimate of drug-likeness (QED) is 0.731. The number of carbonyl (C=O) groups is 1. The standard InChI is InChI=1S/C15H24N4O2.ClH/c20-14(17-9-11-21-12-13-2-3-13)15(4-7-16-8-5-15)19-10-1-6-18-19;/h1,6,10,13,16H,2-5,7-9,11-12H2,(H,17,20);1H. The molecule has 3 rings (SSSR count). The van der Waals surface area contributed by atoms with Gasteiger partial charge in [0, 0.05) is 25.5 Å². The number of rotatable bonds is 7. The molecular formula is C15H25ClN4O2. The smallest absolute Gasteiger partial charge is 0.248 e. The summed E-state index contributed by atoms with van der Waals surface area (Å²) in [6, 6.07) is 1.87. The van der Waals surface area contributed by atoms with E-state index in [2.05, 4.69) is 15.7 Å². The van der Waals surface area contributed by atoms with E-state index in [9.17, 15) is 4.79 Å². The Labute approximate surface area is 137 Å². The minimum absolute atomic E-state index is 0. The molecule has 2 N–H and O–H groups in total. The average molecular weight is 329 g/mol. The molecule has 1 aliphatic heterocycles. The van der Waals surface area contributed by atoms with Crippen molar-refractivity contribution in [2.75, 3.05) is 32.8 Å². The Hall–Kier alpha value is -1.11. The Bertz CT molecular complexity index is 456. The molecule has 7 heteroatoms. The largest absolute Gasteiger partial charge is 0.379 e. The van der Waals surface area contributed by atoms with Gasteiger partial charge in [-0.15, -0.1) is 12.4 Å². The van der Waals surface area contributed by atoms with Crippen LogP contribution in [-0.4, -0.2) is 48.5 Å². The van der Waals surface area contributed by atoms with Gasteiger partial charge in [0.05, 0.1) is 6.61 Å². The molecular weight excluding hydrogens is 304 g/mol. The number of piperidine rings is 1. The van der Waals surface area contributed by atoms with Gasteiger partial charge in [-0.1, -0.05) is 0 Å². The highest BCUT2D eigenvalue weighted by molar-refractivity contribution is 5.85. The van der Waals surface area contributed by atoms with Crippen LogP contribution in [0.3, 0.4) is 0 Å². The molecule has 6 nitrogen and oxygen atoms in total. The zero-order chi connectivity index (χ0) is 14.5. The van der Waals surface area contributed by atoms with Crippen LogP contribution >= 0.6 is 12.4 Å². The van der Waals surface area contributed by atoms with Crippen molar-refractivity contribution >= 4 is 18.3 Å². The molecule has 124 valence electrons. The third-order valence-corrected chi connectivity index (χ3v) is 4.38. The number of halogens is 1. The lowest BCUT2D eigenvalue weighted by Gasteiger charge is -2.36. The fraction of sp³-hybridized carbons (Fsp3) is 0.733. The molecule has 0 bridgehead atoms. The molecule has 2 fully saturated rings. The van der Waals surface area contributed by atoms with Crippen LogP contribution in [0, 0.1) is 5.92 Å². The summed E-state index contributed by atoms with van der Waals surface area (Å²) in [4.78, 5) is 12.7. The number of hydrogen-bond donors (Lipinski definition) is 2. The summed E-state index contributed by atoms with van der Waals surface area (Å²) >= 11 is 0. The molecule has 1 aromatic rings. The number of ether oxygens (including phenoxy) is 1. The van der Waals surface area contributed by atoms with E-state index < -0.39 is 5.54 Å². The van der Waals surface area contributed by atoms with Crippen molar-refractivity contribution in [2.24, 2.45) is 5.92 Å². The van der Waals surface area contributed by atoms with E-state index in [1.807, 2.05) is 16.9 Å². The monoisotopic (exact) mass is 328 g/mol. The highest BCUT2D eigenvalue weighted by atomic mass is 35.5. The summed E-state index contributed by atoms with van der Waals surface area (Å²) in [6.07, 6.45) is 7.74. The third kappa shape index (κ3) is 4.00. The lowest BCUT2D eigenvalue weighted by Crippen LogP contribution is -2.55. The summed E-state index contributed by atoms with van der Waals surface area (Å²) < 4.78 is 7.38. The van der Waals surface area contributed by atoms with Crippen LogP contribution in [0.5, 0.6) is 0 Å². The minimum Gasteiger partial charge on any atom is -0.379 e. The molecule has 1 saturated heterocycles. The van der Waals surface area contributed by atoms with E-state index in [1.54, 1.807) is 6.20 Å². The van der Waals surface area contributed by atoms with Crippen LogP contribution < -0.4 is 10.6 Å². The van der Waals surface area contributed by atoms with Gasteiger partial charge in [0.25, 0.3) is 0 Å². The van der Waals surface area contributed by atoms with Crippen LogP contribution in [0.2, 0.25) is 0 Å². The molecule has 0 unspecified atom stereocenters. The van der Waals surface area contributed by atoms with Crippen molar-refractivity contribution in [2.45, 2.75) is 31.2 Å². The van der Waals surface area contributed by atoms with Gasteiger partial charge in [-0.05, 0) is 50.8 Å². The van der Waals surface area contributed by atoms with Crippen LogP contribution in [-0.2, 0) is 15.1 Å². The van der Waals surface area contributed by atoms with Crippen molar-refractivity contribution in [3.05, 3.63) is 18.5 Å². The van der Waals surface area contributed by atoms with Crippen molar-refractivity contribution < 1.29 is 9.53 Å². The second-order valence-corrected chi connectivity index (χ2v) is 6.01. The Kier molecular flexibility index (Phi) is 6.23. The molecule has 2 heterocycles. The van der Waals surface area contributed by atoms with E-state index in [1.165, 1.54) is 12.8 Å². The number of aromatic nitrogens is 2. The van der Waals surface area contributed by atoms with Gasteiger partial charge in [0.2, 0.25) is 5.91 Å². The van der Waals surface area contributed by atoms with Crippen molar-refractivity contribution in [1.82, 2.24) is 20.4 Å². The number of amides is 1. The number of hydrogen-bond acceptors (Lipinski definition) is 4. The number of nitrogens with one attached hydrogen (secondary N) is 2. The topological polar surface area (TPSA) is 68.2 Å². The summed E-state index contributed by atoms with van der Waals surface area (Å²) in [6.45, 7) is 3.68. The molecule has 1 aromatic heterocycles. The highest BCUT2D eigenvalue weighted by Crippen LogP contribution is 2.29. The summed E-state index contributed by atoms with van der Waals surface area (Å²) in [7, 11) is 0. The SMILES string of the molecule is Cl.O=C(NCCOCC1CC1)C1(n2cccn2)CCNCC1. The lowest BCUT2D eigenvalue weighted by molar-refractivity contribution is -0.132. The van der Waals surface area contributed by atoms with Crippen molar-refractivity contribution in [3.63, 3.8) is 0 Å². The molecule has 1 saturated carbocycles. The predicted molar refractivity (Wildman–Crippen MR) is 86.1 cm³/mol. The van der Waals surface area contributed by atoms with Crippen LogP contribution in [0.4, 0.5) is 0 Å². The number of carbonyl (C=O) groups excluding carboxylic acids is 1. The fourth-order valence-electron chi connectivity index (χ4n) is 2.86. The second-order valence-electron chi connectivity index (χ2n) is 6.01. The maximum absolute atomic E-state index is 12.7. The number of nitrogens with zero attached hydrogens (tertiary/aromatic N) is 2. The summed E-state index contributed by atoms with van der Waals surface area (Å²) in [5, 5.41) is 10.6. The predicted octanol–water partition coefficient (Wildman–Crippen LogP) is 0.926. The molecule has 22 heavy (non-hydrogen) atoms. The van der Waals surface area contributed by atoms with E-state index in [0.717, 1.165) is 38.5 Å². The van der Waals surface area contributed by atoms with Crippen molar-refractivity contribution in [3.8, 4) is 0 Å². The first-order valence-electron chi connectivity index (χ1n) is 7.88. The van der Waals surface area contributed by atoms with Gasteiger partial charge in [-0.2, -0.15) is 5.10 Å². The molecule has 0 aromatic carbocycles. The molecule has 0 spiro atoms. The second kappa shape index (κ2) is 7.94. The van der Waals surface area contributed by atoms with E-state index >= 15 is 0 Å². The molecule has 0 atom stereocenters. The third-order valence-electron chi connectivity index (χ3n) is 4.38. The average Bonchev–Trinajstić information content (AvgIpc) is 3.17. The van der Waals surface area contributed by atoms with Gasteiger partial charge in [-0.3, -0.25) is 9.48 Å². The van der Waals surface area contributed by atoms with Crippen LogP contribution in [0.25, 0.3) is 0 Å². The summed E-state index contributed by atoms with van der Waals surface area (Å²) in [5.74, 6) is 0.822. The van der Waals surface area contributed by atoms with Crippen LogP contribution in [0.15, 0.2) is 18.5 Å². The Morgan fingerprint density at radius 1 is 1.41 bits per heavy atom. The van der Waals surface area contributed by atoms with Crippen LogP contribution in [0.1, 0.15) is 25.7 Å². The van der Waals surface area contributed by atoms with Gasteiger partial charge in [0.1, 0.15) is 5.54 Å². The zero-order valence-electron chi connectivity index (χ0n) is 12.8. The molecule has 0 radical (unpaired) electrons. The summed E-state index contributed by atoms with van der Waals surface area (Å²) in [5.41, 5.74) is -0.550. The van der Waals surface area contributed by atoms with Gasteiger partial charge in [-0.25, -0.2) is 0 Å². The van der Waals surface area contributed by atoms with Gasteiger partial charge in [0.15, 0.2) is 0 Å². The van der Waals surface area contributed by atoms with Gasteiger partial charge >= 0.3 is 0 Å².